The number of nitrogens with two attached hydrogens (primary N) is 1. The summed E-state index contributed by atoms with van der Waals surface area (Å²) in [5.74, 6) is 1.79. The van der Waals surface area contributed by atoms with E-state index in [0.717, 1.165) is 22.9 Å². The summed E-state index contributed by atoms with van der Waals surface area (Å²) in [5.41, 5.74) is 7.24. The fourth-order valence-corrected chi connectivity index (χ4v) is 1.64. The zero-order valence-corrected chi connectivity index (χ0v) is 8.08. The molecule has 2 rings (SSSR count). The monoisotopic (exact) mass is 194 g/mol. The first-order chi connectivity index (χ1) is 6.31. The zero-order valence-electron chi connectivity index (χ0n) is 7.27. The molecule has 0 radical (unpaired) electrons. The molecule has 0 saturated carbocycles. The standard InChI is InChI=1S/C8H10N4S/c1-13-5-8-11-10-7-3-2-6(9)4-12(7)8/h2-4H,5,9H2,1H3. The maximum absolute atomic E-state index is 5.66. The Balaban J connectivity index is 2.58. The number of rotatable bonds is 2. The van der Waals surface area contributed by atoms with Gasteiger partial charge in [-0.05, 0) is 18.4 Å². The van der Waals surface area contributed by atoms with Crippen LogP contribution in [0.15, 0.2) is 18.3 Å². The van der Waals surface area contributed by atoms with Crippen molar-refractivity contribution in [2.24, 2.45) is 0 Å². The van der Waals surface area contributed by atoms with Crippen LogP contribution in [0.1, 0.15) is 5.82 Å². The maximum Gasteiger partial charge on any atom is 0.160 e. The fourth-order valence-electron chi connectivity index (χ4n) is 1.18. The SMILES string of the molecule is CSCc1nnc2ccc(N)cn12. The lowest BCUT2D eigenvalue weighted by atomic mass is 10.4. The molecular formula is C8H10N4S. The number of pyridine rings is 1. The molecule has 68 valence electrons. The zero-order chi connectivity index (χ0) is 9.26. The highest BCUT2D eigenvalue weighted by atomic mass is 32.2. The van der Waals surface area contributed by atoms with Gasteiger partial charge in [0.1, 0.15) is 5.82 Å². The molecule has 0 aromatic carbocycles. The molecule has 0 aliphatic carbocycles. The number of hydrogen-bond donors (Lipinski definition) is 1. The first-order valence-electron chi connectivity index (χ1n) is 3.89. The minimum Gasteiger partial charge on any atom is -0.398 e. The molecule has 0 aliphatic rings. The molecule has 0 fully saturated rings. The van der Waals surface area contributed by atoms with Crippen LogP contribution in [-0.4, -0.2) is 20.9 Å². The van der Waals surface area contributed by atoms with E-state index in [1.54, 1.807) is 11.8 Å². The molecular weight excluding hydrogens is 184 g/mol. The van der Waals surface area contributed by atoms with Gasteiger partial charge in [-0.25, -0.2) is 0 Å². The topological polar surface area (TPSA) is 56.2 Å². The summed E-state index contributed by atoms with van der Waals surface area (Å²) in [4.78, 5) is 0. The van der Waals surface area contributed by atoms with Gasteiger partial charge in [-0.2, -0.15) is 11.8 Å². The Hall–Kier alpha value is -1.23. The van der Waals surface area contributed by atoms with Crippen LogP contribution < -0.4 is 5.73 Å². The lowest BCUT2D eigenvalue weighted by Crippen LogP contribution is -1.94. The third kappa shape index (κ3) is 1.47. The van der Waals surface area contributed by atoms with Crippen LogP contribution in [-0.2, 0) is 5.75 Å². The number of fused-ring (bicyclic) bond motifs is 1. The van der Waals surface area contributed by atoms with Gasteiger partial charge in [-0.3, -0.25) is 4.40 Å². The maximum atomic E-state index is 5.66. The molecule has 2 heterocycles. The summed E-state index contributed by atoms with van der Waals surface area (Å²) in [6.07, 6.45) is 3.88. The second-order valence-electron chi connectivity index (χ2n) is 2.74. The Morgan fingerprint density at radius 1 is 1.46 bits per heavy atom. The predicted molar refractivity (Wildman–Crippen MR) is 54.6 cm³/mol. The van der Waals surface area contributed by atoms with E-state index in [0.29, 0.717) is 0 Å². The molecule has 0 spiro atoms. The van der Waals surface area contributed by atoms with E-state index >= 15 is 0 Å². The molecule has 0 saturated heterocycles. The van der Waals surface area contributed by atoms with Gasteiger partial charge in [0.2, 0.25) is 0 Å². The van der Waals surface area contributed by atoms with Gasteiger partial charge in [-0.1, -0.05) is 0 Å². The Morgan fingerprint density at radius 2 is 2.31 bits per heavy atom. The number of thioether (sulfide) groups is 1. The molecule has 5 heteroatoms. The molecule has 2 N–H and O–H groups in total. The van der Waals surface area contributed by atoms with E-state index in [2.05, 4.69) is 10.2 Å². The number of hydrogen-bond acceptors (Lipinski definition) is 4. The van der Waals surface area contributed by atoms with E-state index in [1.165, 1.54) is 0 Å². The summed E-state index contributed by atoms with van der Waals surface area (Å²) >= 11 is 1.72. The Morgan fingerprint density at radius 3 is 3.08 bits per heavy atom. The van der Waals surface area contributed by atoms with Crippen molar-refractivity contribution in [2.75, 3.05) is 12.0 Å². The van der Waals surface area contributed by atoms with Crippen molar-refractivity contribution in [1.82, 2.24) is 14.6 Å². The first-order valence-corrected chi connectivity index (χ1v) is 5.28. The van der Waals surface area contributed by atoms with Crippen molar-refractivity contribution in [2.45, 2.75) is 5.75 Å². The van der Waals surface area contributed by atoms with Gasteiger partial charge < -0.3 is 5.73 Å². The predicted octanol–water partition coefficient (Wildman–Crippen LogP) is 1.17. The van der Waals surface area contributed by atoms with E-state index in [-0.39, 0.29) is 0 Å². The van der Waals surface area contributed by atoms with Crippen molar-refractivity contribution in [3.05, 3.63) is 24.2 Å². The molecule has 13 heavy (non-hydrogen) atoms. The number of anilines is 1. The third-order valence-corrected chi connectivity index (χ3v) is 2.32. The van der Waals surface area contributed by atoms with Crippen molar-refractivity contribution < 1.29 is 0 Å². The van der Waals surface area contributed by atoms with Gasteiger partial charge in [-0.15, -0.1) is 10.2 Å². The van der Waals surface area contributed by atoms with Gasteiger partial charge in [0.05, 0.1) is 5.75 Å². The molecule has 4 nitrogen and oxygen atoms in total. The van der Waals surface area contributed by atoms with Gasteiger partial charge in [0.15, 0.2) is 5.65 Å². The molecule has 0 atom stereocenters. The highest BCUT2D eigenvalue weighted by Gasteiger charge is 2.03. The average molecular weight is 194 g/mol. The highest BCUT2D eigenvalue weighted by molar-refractivity contribution is 7.97. The smallest absolute Gasteiger partial charge is 0.160 e. The molecule has 2 aromatic rings. The first kappa shape index (κ1) is 8.37. The van der Waals surface area contributed by atoms with Gasteiger partial charge >= 0.3 is 0 Å². The van der Waals surface area contributed by atoms with E-state index in [4.69, 9.17) is 5.73 Å². The second kappa shape index (κ2) is 3.26. The lowest BCUT2D eigenvalue weighted by Gasteiger charge is -1.98. The third-order valence-electron chi connectivity index (χ3n) is 1.77. The van der Waals surface area contributed by atoms with Gasteiger partial charge in [0.25, 0.3) is 0 Å². The van der Waals surface area contributed by atoms with Crippen LogP contribution in [0.3, 0.4) is 0 Å². The largest absolute Gasteiger partial charge is 0.398 e. The van der Waals surface area contributed by atoms with E-state index < -0.39 is 0 Å². The number of nitrogen functional groups attached to an aromatic ring is 1. The minimum atomic E-state index is 0.731. The normalized spacial score (nSPS) is 10.8. The minimum absolute atomic E-state index is 0.731. The van der Waals surface area contributed by atoms with Crippen LogP contribution in [0.2, 0.25) is 0 Å². The van der Waals surface area contributed by atoms with Crippen molar-refractivity contribution in [3.8, 4) is 0 Å². The van der Waals surface area contributed by atoms with Crippen LogP contribution >= 0.6 is 11.8 Å². The average Bonchev–Trinajstić information content (AvgIpc) is 2.49. The van der Waals surface area contributed by atoms with Crippen molar-refractivity contribution in [3.63, 3.8) is 0 Å². The van der Waals surface area contributed by atoms with Crippen molar-refractivity contribution >= 4 is 23.1 Å². The summed E-state index contributed by atoms with van der Waals surface area (Å²) in [6.45, 7) is 0. The fraction of sp³-hybridized carbons (Fsp3) is 0.250. The van der Waals surface area contributed by atoms with E-state index in [1.807, 2.05) is 29.0 Å². The van der Waals surface area contributed by atoms with Crippen LogP contribution in [0.5, 0.6) is 0 Å². The Bertz CT molecular complexity index is 423. The van der Waals surface area contributed by atoms with Crippen molar-refractivity contribution in [1.29, 1.82) is 0 Å². The van der Waals surface area contributed by atoms with Gasteiger partial charge in [0, 0.05) is 11.9 Å². The molecule has 0 unspecified atom stereocenters. The molecule has 0 bridgehead atoms. The van der Waals surface area contributed by atoms with Crippen LogP contribution in [0, 0.1) is 0 Å². The molecule has 0 aliphatic heterocycles. The molecule has 2 aromatic heterocycles. The number of nitrogens with zero attached hydrogens (tertiary/aromatic N) is 3. The van der Waals surface area contributed by atoms with E-state index in [9.17, 15) is 0 Å². The molecule has 0 amide bonds. The second-order valence-corrected chi connectivity index (χ2v) is 3.61. The summed E-state index contributed by atoms with van der Waals surface area (Å²) in [5, 5.41) is 8.09. The van der Waals surface area contributed by atoms with Crippen LogP contribution in [0.25, 0.3) is 5.65 Å². The lowest BCUT2D eigenvalue weighted by molar-refractivity contribution is 0.992. The number of aromatic nitrogens is 3. The highest BCUT2D eigenvalue weighted by Crippen LogP contribution is 2.11. The quantitative estimate of drug-likeness (QED) is 0.779. The summed E-state index contributed by atoms with van der Waals surface area (Å²) in [6, 6.07) is 3.69. The Labute approximate surface area is 80.2 Å². The summed E-state index contributed by atoms with van der Waals surface area (Å²) < 4.78 is 1.92. The Kier molecular flexibility index (Phi) is 2.10. The van der Waals surface area contributed by atoms with Crippen LogP contribution in [0.4, 0.5) is 5.69 Å². The summed E-state index contributed by atoms with van der Waals surface area (Å²) in [7, 11) is 0.